The molecule has 0 saturated carbocycles. The number of ether oxygens (including phenoxy) is 2. The standard InChI is InChI=1S/C15H19NO5S/c1-7(2)12(17)16-13-11(15(19)21-4)10-8(14(18)20-3)5-6-9(10)22-13/h7-8H,5-6H2,1-4H3,(H,16,17)/t8-/m1/s1. The Morgan fingerprint density at radius 1 is 1.23 bits per heavy atom. The first-order chi connectivity index (χ1) is 10.4. The molecule has 0 radical (unpaired) electrons. The van der Waals surface area contributed by atoms with Gasteiger partial charge in [0.25, 0.3) is 0 Å². The summed E-state index contributed by atoms with van der Waals surface area (Å²) in [5.74, 6) is -1.79. The van der Waals surface area contributed by atoms with E-state index in [9.17, 15) is 14.4 Å². The molecule has 1 amide bonds. The lowest BCUT2D eigenvalue weighted by molar-refractivity contribution is -0.142. The molecule has 1 heterocycles. The highest BCUT2D eigenvalue weighted by molar-refractivity contribution is 7.17. The number of methoxy groups -OCH3 is 2. The molecule has 0 bridgehead atoms. The van der Waals surface area contributed by atoms with Gasteiger partial charge in [-0.05, 0) is 18.4 Å². The van der Waals surface area contributed by atoms with E-state index >= 15 is 0 Å². The van der Waals surface area contributed by atoms with Crippen LogP contribution in [0.25, 0.3) is 0 Å². The summed E-state index contributed by atoms with van der Waals surface area (Å²) in [7, 11) is 2.61. The van der Waals surface area contributed by atoms with Gasteiger partial charge < -0.3 is 14.8 Å². The van der Waals surface area contributed by atoms with Crippen LogP contribution in [0.3, 0.4) is 0 Å². The molecule has 1 aliphatic rings. The van der Waals surface area contributed by atoms with Crippen LogP contribution >= 0.6 is 11.3 Å². The molecule has 1 aromatic rings. The maximum Gasteiger partial charge on any atom is 0.341 e. The molecule has 1 N–H and O–H groups in total. The monoisotopic (exact) mass is 325 g/mol. The van der Waals surface area contributed by atoms with Crippen LogP contribution < -0.4 is 5.32 Å². The smallest absolute Gasteiger partial charge is 0.341 e. The summed E-state index contributed by atoms with van der Waals surface area (Å²) in [6.45, 7) is 3.54. The molecule has 0 aliphatic heterocycles. The normalized spacial score (nSPS) is 16.3. The van der Waals surface area contributed by atoms with Gasteiger partial charge in [-0.2, -0.15) is 0 Å². The van der Waals surface area contributed by atoms with Gasteiger partial charge in [-0.1, -0.05) is 13.8 Å². The van der Waals surface area contributed by atoms with Crippen LogP contribution in [0.4, 0.5) is 5.00 Å². The highest BCUT2D eigenvalue weighted by Gasteiger charge is 2.38. The lowest BCUT2D eigenvalue weighted by Crippen LogP contribution is -2.20. The van der Waals surface area contributed by atoms with Crippen molar-refractivity contribution in [1.82, 2.24) is 0 Å². The molecule has 6 nitrogen and oxygen atoms in total. The molecule has 0 spiro atoms. The van der Waals surface area contributed by atoms with Crippen LogP contribution in [0.15, 0.2) is 0 Å². The van der Waals surface area contributed by atoms with Crippen molar-refractivity contribution in [3.05, 3.63) is 16.0 Å². The zero-order valence-electron chi connectivity index (χ0n) is 13.0. The fourth-order valence-electron chi connectivity index (χ4n) is 2.49. The molecule has 1 aromatic heterocycles. The maximum absolute atomic E-state index is 12.1. The van der Waals surface area contributed by atoms with Crippen LogP contribution in [0.1, 0.15) is 47.0 Å². The van der Waals surface area contributed by atoms with Gasteiger partial charge in [-0.25, -0.2) is 4.79 Å². The Labute approximate surface area is 132 Å². The van der Waals surface area contributed by atoms with Crippen LogP contribution in [-0.4, -0.2) is 32.1 Å². The Bertz CT molecular complexity index is 620. The number of nitrogens with one attached hydrogen (secondary N) is 1. The highest BCUT2D eigenvalue weighted by atomic mass is 32.1. The van der Waals surface area contributed by atoms with Gasteiger partial charge in [0.2, 0.25) is 5.91 Å². The van der Waals surface area contributed by atoms with Gasteiger partial charge in [0.05, 0.1) is 25.7 Å². The number of esters is 2. The molecule has 22 heavy (non-hydrogen) atoms. The molecule has 0 fully saturated rings. The third-order valence-corrected chi connectivity index (χ3v) is 4.85. The number of carbonyl (C=O) groups is 3. The summed E-state index contributed by atoms with van der Waals surface area (Å²) >= 11 is 1.33. The number of rotatable bonds is 4. The van der Waals surface area contributed by atoms with Gasteiger partial charge in [-0.15, -0.1) is 11.3 Å². The molecule has 120 valence electrons. The van der Waals surface area contributed by atoms with E-state index in [1.165, 1.54) is 25.6 Å². The molecule has 0 aromatic carbocycles. The minimum absolute atomic E-state index is 0.181. The fourth-order valence-corrected chi connectivity index (χ4v) is 3.76. The maximum atomic E-state index is 12.1. The molecular weight excluding hydrogens is 306 g/mol. The van der Waals surface area contributed by atoms with Crippen molar-refractivity contribution in [2.45, 2.75) is 32.6 Å². The average Bonchev–Trinajstić information content (AvgIpc) is 3.03. The van der Waals surface area contributed by atoms with E-state index in [2.05, 4.69) is 5.32 Å². The first-order valence-corrected chi connectivity index (χ1v) is 7.84. The zero-order chi connectivity index (χ0) is 16.4. The number of anilines is 1. The van der Waals surface area contributed by atoms with Gasteiger partial charge >= 0.3 is 11.9 Å². The molecular formula is C15H19NO5S. The number of hydrogen-bond donors (Lipinski definition) is 1. The third kappa shape index (κ3) is 2.85. The largest absolute Gasteiger partial charge is 0.469 e. The second kappa shape index (κ2) is 6.48. The summed E-state index contributed by atoms with van der Waals surface area (Å²) in [5, 5.41) is 3.21. The zero-order valence-corrected chi connectivity index (χ0v) is 13.8. The first-order valence-electron chi connectivity index (χ1n) is 7.03. The number of fused-ring (bicyclic) bond motifs is 1. The minimum atomic E-state index is -0.549. The Kier molecular flexibility index (Phi) is 4.85. The average molecular weight is 325 g/mol. The molecule has 0 unspecified atom stereocenters. The van der Waals surface area contributed by atoms with E-state index in [4.69, 9.17) is 9.47 Å². The van der Waals surface area contributed by atoms with Crippen molar-refractivity contribution in [1.29, 1.82) is 0 Å². The Balaban J connectivity index is 2.47. The van der Waals surface area contributed by atoms with E-state index in [-0.39, 0.29) is 23.4 Å². The van der Waals surface area contributed by atoms with Gasteiger partial charge in [0, 0.05) is 10.8 Å². The van der Waals surface area contributed by atoms with Gasteiger partial charge in [-0.3, -0.25) is 9.59 Å². The third-order valence-electron chi connectivity index (χ3n) is 3.67. The quantitative estimate of drug-likeness (QED) is 0.859. The van der Waals surface area contributed by atoms with E-state index in [0.29, 0.717) is 23.4 Å². The highest BCUT2D eigenvalue weighted by Crippen LogP contribution is 2.45. The Morgan fingerprint density at radius 3 is 2.45 bits per heavy atom. The van der Waals surface area contributed by atoms with E-state index < -0.39 is 11.9 Å². The summed E-state index contributed by atoms with van der Waals surface area (Å²) in [4.78, 5) is 36.9. The van der Waals surface area contributed by atoms with E-state index in [1.807, 2.05) is 0 Å². The molecule has 0 saturated heterocycles. The van der Waals surface area contributed by atoms with Crippen LogP contribution in [0, 0.1) is 5.92 Å². The van der Waals surface area contributed by atoms with E-state index in [0.717, 1.165) is 4.88 Å². The van der Waals surface area contributed by atoms with Crippen molar-refractivity contribution in [3.8, 4) is 0 Å². The minimum Gasteiger partial charge on any atom is -0.469 e. The number of carbonyl (C=O) groups excluding carboxylic acids is 3. The molecule has 1 atom stereocenters. The first kappa shape index (κ1) is 16.5. The summed E-state index contributed by atoms with van der Waals surface area (Å²) in [6.07, 6.45) is 1.29. The van der Waals surface area contributed by atoms with E-state index in [1.54, 1.807) is 13.8 Å². The predicted octanol–water partition coefficient (Wildman–Crippen LogP) is 2.33. The lowest BCUT2D eigenvalue weighted by atomic mass is 9.99. The number of hydrogen-bond acceptors (Lipinski definition) is 6. The van der Waals surface area contributed by atoms with Gasteiger partial charge in [0.1, 0.15) is 5.00 Å². The number of thiophene rings is 1. The molecule has 7 heteroatoms. The Morgan fingerprint density at radius 2 is 1.91 bits per heavy atom. The fraction of sp³-hybridized carbons (Fsp3) is 0.533. The second-order valence-corrected chi connectivity index (χ2v) is 6.50. The van der Waals surface area contributed by atoms with Crippen molar-refractivity contribution >= 4 is 34.2 Å². The van der Waals surface area contributed by atoms with Crippen molar-refractivity contribution in [3.63, 3.8) is 0 Å². The van der Waals surface area contributed by atoms with Crippen molar-refractivity contribution in [2.75, 3.05) is 19.5 Å². The van der Waals surface area contributed by atoms with Crippen molar-refractivity contribution < 1.29 is 23.9 Å². The molecule has 2 rings (SSSR count). The summed E-state index contributed by atoms with van der Waals surface area (Å²) in [5.41, 5.74) is 0.923. The van der Waals surface area contributed by atoms with Gasteiger partial charge in [0.15, 0.2) is 0 Å². The summed E-state index contributed by atoms with van der Waals surface area (Å²) in [6, 6.07) is 0. The SMILES string of the molecule is COC(=O)c1c(NC(=O)C(C)C)sc2c1[C@H](C(=O)OC)CC2. The number of aryl methyl sites for hydroxylation is 1. The van der Waals surface area contributed by atoms with Crippen LogP contribution in [0.2, 0.25) is 0 Å². The topological polar surface area (TPSA) is 81.7 Å². The summed E-state index contributed by atoms with van der Waals surface area (Å²) < 4.78 is 9.64. The Hall–Kier alpha value is -1.89. The van der Waals surface area contributed by atoms with Crippen LogP contribution in [-0.2, 0) is 25.5 Å². The lowest BCUT2D eigenvalue weighted by Gasteiger charge is -2.12. The van der Waals surface area contributed by atoms with Crippen molar-refractivity contribution in [2.24, 2.45) is 5.92 Å². The van der Waals surface area contributed by atoms with Crippen LogP contribution in [0.5, 0.6) is 0 Å². The second-order valence-electron chi connectivity index (χ2n) is 5.39. The molecule has 1 aliphatic carbocycles. The number of amides is 1. The predicted molar refractivity (Wildman–Crippen MR) is 82.2 cm³/mol.